The molecule has 0 radical (unpaired) electrons. The average molecular weight is 209 g/mol. The maximum Gasteiger partial charge on any atom is 0.147 e. The van der Waals surface area contributed by atoms with Gasteiger partial charge in [-0.3, -0.25) is 0 Å². The van der Waals surface area contributed by atoms with Gasteiger partial charge in [-0.15, -0.1) is 11.8 Å². The third-order valence-corrected chi connectivity index (χ3v) is 2.47. The third-order valence-electron chi connectivity index (χ3n) is 1.21. The van der Waals surface area contributed by atoms with E-state index in [1.54, 1.807) is 6.07 Å². The molecule has 0 spiro atoms. The van der Waals surface area contributed by atoms with Gasteiger partial charge < -0.3 is 5.11 Å². The van der Waals surface area contributed by atoms with Gasteiger partial charge in [0, 0.05) is 5.02 Å². The lowest BCUT2D eigenvalue weighted by Gasteiger charge is -2.02. The molecule has 1 N–H and O–H groups in total. The fraction of sp³-hybridized carbons (Fsp3) is 0.143. The molecule has 0 aromatic heterocycles. The molecule has 1 nitrogen and oxygen atoms in total. The first kappa shape index (κ1) is 9.04. The fourth-order valence-corrected chi connectivity index (χ4v) is 1.86. The maximum absolute atomic E-state index is 9.31. The molecule has 0 aliphatic heterocycles. The van der Waals surface area contributed by atoms with Crippen molar-refractivity contribution in [2.45, 2.75) is 4.90 Å². The van der Waals surface area contributed by atoms with E-state index in [0.717, 1.165) is 0 Å². The molecule has 0 fully saturated rings. The molecule has 0 saturated carbocycles. The van der Waals surface area contributed by atoms with Crippen molar-refractivity contribution >= 4 is 35.0 Å². The van der Waals surface area contributed by atoms with Crippen LogP contribution < -0.4 is 0 Å². The van der Waals surface area contributed by atoms with E-state index in [0.29, 0.717) is 14.9 Å². The lowest BCUT2D eigenvalue weighted by atomic mass is 10.3. The predicted octanol–water partition coefficient (Wildman–Crippen LogP) is 3.42. The Morgan fingerprint density at radius 3 is 2.55 bits per heavy atom. The summed E-state index contributed by atoms with van der Waals surface area (Å²) in [5, 5.41) is 10.1. The van der Waals surface area contributed by atoms with Gasteiger partial charge in [0.1, 0.15) is 5.75 Å². The van der Waals surface area contributed by atoms with Gasteiger partial charge in [0.25, 0.3) is 0 Å². The zero-order valence-electron chi connectivity index (χ0n) is 5.77. The molecule has 0 atom stereocenters. The number of phenolic OH excluding ortho intramolecular Hbond substituents is 1. The Balaban J connectivity index is 3.24. The molecule has 1 rings (SSSR count). The van der Waals surface area contributed by atoms with Gasteiger partial charge in [-0.2, -0.15) is 0 Å². The van der Waals surface area contributed by atoms with Gasteiger partial charge in [0.15, 0.2) is 0 Å². The number of phenols is 1. The summed E-state index contributed by atoms with van der Waals surface area (Å²) < 4.78 is 0. The Bertz CT molecular complexity index is 275. The molecule has 11 heavy (non-hydrogen) atoms. The van der Waals surface area contributed by atoms with E-state index in [4.69, 9.17) is 23.2 Å². The quantitative estimate of drug-likeness (QED) is 0.715. The van der Waals surface area contributed by atoms with Crippen molar-refractivity contribution in [3.8, 4) is 5.75 Å². The van der Waals surface area contributed by atoms with Crippen LogP contribution in [0, 0.1) is 0 Å². The van der Waals surface area contributed by atoms with E-state index in [9.17, 15) is 5.11 Å². The monoisotopic (exact) mass is 208 g/mol. The van der Waals surface area contributed by atoms with Crippen LogP contribution in [-0.2, 0) is 0 Å². The van der Waals surface area contributed by atoms with Crippen molar-refractivity contribution in [3.63, 3.8) is 0 Å². The van der Waals surface area contributed by atoms with Crippen LogP contribution in [0.2, 0.25) is 10.0 Å². The van der Waals surface area contributed by atoms with E-state index < -0.39 is 0 Å². The van der Waals surface area contributed by atoms with Crippen LogP contribution in [0.15, 0.2) is 17.0 Å². The van der Waals surface area contributed by atoms with Crippen LogP contribution in [0.3, 0.4) is 0 Å². The van der Waals surface area contributed by atoms with Crippen molar-refractivity contribution in [1.29, 1.82) is 0 Å². The first-order valence-electron chi connectivity index (χ1n) is 2.87. The summed E-state index contributed by atoms with van der Waals surface area (Å²) in [7, 11) is 0. The van der Waals surface area contributed by atoms with E-state index in [1.807, 2.05) is 6.26 Å². The molecule has 1 aromatic carbocycles. The predicted molar refractivity (Wildman–Crippen MR) is 49.9 cm³/mol. The summed E-state index contributed by atoms with van der Waals surface area (Å²) in [5.74, 6) is 0.101. The molecular weight excluding hydrogens is 203 g/mol. The maximum atomic E-state index is 9.31. The molecule has 0 aliphatic carbocycles. The number of halogens is 2. The van der Waals surface area contributed by atoms with Crippen LogP contribution in [0.5, 0.6) is 5.75 Å². The van der Waals surface area contributed by atoms with Gasteiger partial charge >= 0.3 is 0 Å². The lowest BCUT2D eigenvalue weighted by Crippen LogP contribution is -1.74. The SMILES string of the molecule is CSc1cc(Cl)cc(Cl)c1O. The minimum Gasteiger partial charge on any atom is -0.505 e. The van der Waals surface area contributed by atoms with Crippen molar-refractivity contribution in [2.24, 2.45) is 0 Å². The van der Waals surface area contributed by atoms with Crippen LogP contribution in [-0.4, -0.2) is 11.4 Å². The minimum absolute atomic E-state index is 0.101. The smallest absolute Gasteiger partial charge is 0.147 e. The lowest BCUT2D eigenvalue weighted by molar-refractivity contribution is 0.463. The summed E-state index contributed by atoms with van der Waals surface area (Å²) in [4.78, 5) is 0.697. The normalized spacial score (nSPS) is 10.1. The second-order valence-electron chi connectivity index (χ2n) is 1.94. The number of thioether (sulfide) groups is 1. The second-order valence-corrected chi connectivity index (χ2v) is 3.63. The van der Waals surface area contributed by atoms with Crippen molar-refractivity contribution in [2.75, 3.05) is 6.26 Å². The second kappa shape index (κ2) is 3.57. The van der Waals surface area contributed by atoms with Crippen LogP contribution in [0.4, 0.5) is 0 Å². The minimum atomic E-state index is 0.101. The average Bonchev–Trinajstić information content (AvgIpc) is 1.96. The number of aromatic hydroxyl groups is 1. The van der Waals surface area contributed by atoms with Crippen LogP contribution in [0.25, 0.3) is 0 Å². The molecule has 0 amide bonds. The third kappa shape index (κ3) is 1.95. The van der Waals surface area contributed by atoms with Gasteiger partial charge in [-0.05, 0) is 18.4 Å². The van der Waals surface area contributed by atoms with Crippen molar-refractivity contribution in [1.82, 2.24) is 0 Å². The molecule has 0 aliphatic rings. The standard InChI is InChI=1S/C7H6Cl2OS/c1-11-6-3-4(8)2-5(9)7(6)10/h2-3,10H,1H3. The Labute approximate surface area is 79.3 Å². The number of hydrogen-bond acceptors (Lipinski definition) is 2. The summed E-state index contributed by atoms with van der Waals surface area (Å²) in [5.41, 5.74) is 0. The topological polar surface area (TPSA) is 20.2 Å². The number of benzene rings is 1. The van der Waals surface area contributed by atoms with E-state index in [1.165, 1.54) is 17.8 Å². The highest BCUT2D eigenvalue weighted by atomic mass is 35.5. The molecule has 4 heteroatoms. The van der Waals surface area contributed by atoms with Gasteiger partial charge in [0.2, 0.25) is 0 Å². The Hall–Kier alpha value is -0.0500. The largest absolute Gasteiger partial charge is 0.505 e. The number of hydrogen-bond donors (Lipinski definition) is 1. The van der Waals surface area contributed by atoms with E-state index >= 15 is 0 Å². The highest BCUT2D eigenvalue weighted by molar-refractivity contribution is 7.98. The van der Waals surface area contributed by atoms with Gasteiger partial charge in [-0.1, -0.05) is 23.2 Å². The molecule has 0 saturated heterocycles. The molecular formula is C7H6Cl2OS. The first-order valence-corrected chi connectivity index (χ1v) is 4.85. The van der Waals surface area contributed by atoms with Crippen LogP contribution >= 0.6 is 35.0 Å². The Morgan fingerprint density at radius 2 is 2.00 bits per heavy atom. The molecule has 1 aromatic rings. The summed E-state index contributed by atoms with van der Waals surface area (Å²) in [6, 6.07) is 3.19. The summed E-state index contributed by atoms with van der Waals surface area (Å²) in [6.07, 6.45) is 1.85. The highest BCUT2D eigenvalue weighted by Gasteiger charge is 2.05. The van der Waals surface area contributed by atoms with Crippen LogP contribution in [0.1, 0.15) is 0 Å². The van der Waals surface area contributed by atoms with Crippen molar-refractivity contribution < 1.29 is 5.11 Å². The molecule has 0 heterocycles. The summed E-state index contributed by atoms with van der Waals surface area (Å²) in [6.45, 7) is 0. The fourth-order valence-electron chi connectivity index (χ4n) is 0.698. The highest BCUT2D eigenvalue weighted by Crippen LogP contribution is 2.36. The van der Waals surface area contributed by atoms with Gasteiger partial charge in [-0.25, -0.2) is 0 Å². The molecule has 0 bridgehead atoms. The van der Waals surface area contributed by atoms with E-state index in [-0.39, 0.29) is 5.75 Å². The zero-order valence-corrected chi connectivity index (χ0v) is 8.09. The molecule has 0 unspecified atom stereocenters. The summed E-state index contributed by atoms with van der Waals surface area (Å²) >= 11 is 12.7. The van der Waals surface area contributed by atoms with Crippen molar-refractivity contribution in [3.05, 3.63) is 22.2 Å². The number of rotatable bonds is 1. The zero-order chi connectivity index (χ0) is 8.43. The van der Waals surface area contributed by atoms with E-state index in [2.05, 4.69) is 0 Å². The molecule has 60 valence electrons. The Morgan fingerprint density at radius 1 is 1.36 bits per heavy atom. The van der Waals surface area contributed by atoms with Gasteiger partial charge in [0.05, 0.1) is 9.92 Å². The first-order chi connectivity index (χ1) is 5.15. The Kier molecular flexibility index (Phi) is 2.93.